The molecule has 0 spiro atoms. The summed E-state index contributed by atoms with van der Waals surface area (Å²) in [6, 6.07) is 2.63. The second-order valence-electron chi connectivity index (χ2n) is 6.34. The Morgan fingerprint density at radius 3 is 2.43 bits per heavy atom. The SMILES string of the molecule is COC(=O)c1cc(F)cc(CC(C)(C)[Si](C)(C)O)c1CBr. The molecule has 0 heterocycles. The zero-order chi connectivity index (χ0) is 16.4. The van der Waals surface area contributed by atoms with Gasteiger partial charge < -0.3 is 9.53 Å². The first kappa shape index (κ1) is 18.3. The summed E-state index contributed by atoms with van der Waals surface area (Å²) < 4.78 is 18.6. The summed E-state index contributed by atoms with van der Waals surface area (Å²) in [5.41, 5.74) is 1.68. The van der Waals surface area contributed by atoms with E-state index < -0.39 is 20.1 Å². The molecule has 118 valence electrons. The third kappa shape index (κ3) is 4.14. The fraction of sp³-hybridized carbons (Fsp3) is 0.533. The smallest absolute Gasteiger partial charge is 0.338 e. The number of halogens is 2. The van der Waals surface area contributed by atoms with Crippen LogP contribution in [-0.4, -0.2) is 26.2 Å². The second-order valence-corrected chi connectivity index (χ2v) is 11.4. The Morgan fingerprint density at radius 2 is 2.00 bits per heavy atom. The molecule has 0 radical (unpaired) electrons. The van der Waals surface area contributed by atoms with E-state index in [9.17, 15) is 14.0 Å². The van der Waals surface area contributed by atoms with E-state index in [0.29, 0.717) is 11.8 Å². The van der Waals surface area contributed by atoms with Crippen LogP contribution < -0.4 is 0 Å². The Balaban J connectivity index is 3.37. The average Bonchev–Trinajstić information content (AvgIpc) is 2.35. The maximum atomic E-state index is 13.8. The number of esters is 1. The van der Waals surface area contributed by atoms with Gasteiger partial charge in [0.05, 0.1) is 12.7 Å². The Hall–Kier alpha value is -0.723. The van der Waals surface area contributed by atoms with E-state index in [1.807, 2.05) is 26.9 Å². The van der Waals surface area contributed by atoms with Crippen molar-refractivity contribution in [2.75, 3.05) is 7.11 Å². The number of carbonyl (C=O) groups excluding carboxylic acids is 1. The molecule has 0 bridgehead atoms. The lowest BCUT2D eigenvalue weighted by Crippen LogP contribution is -2.40. The third-order valence-corrected chi connectivity index (χ3v) is 8.18. The van der Waals surface area contributed by atoms with E-state index in [4.69, 9.17) is 4.74 Å². The standard InChI is InChI=1S/C15H22BrFO3Si/c1-15(2,21(4,5)19)8-10-6-11(17)7-12(13(10)9-16)14(18)20-3/h6-7,19H,8-9H2,1-5H3. The molecule has 0 aliphatic heterocycles. The normalized spacial score (nSPS) is 12.4. The largest absolute Gasteiger partial charge is 0.465 e. The monoisotopic (exact) mass is 376 g/mol. The van der Waals surface area contributed by atoms with E-state index >= 15 is 0 Å². The van der Waals surface area contributed by atoms with Crippen LogP contribution >= 0.6 is 15.9 Å². The number of benzene rings is 1. The summed E-state index contributed by atoms with van der Waals surface area (Å²) in [5, 5.41) is 0.0850. The second kappa shape index (κ2) is 6.58. The van der Waals surface area contributed by atoms with Gasteiger partial charge in [-0.25, -0.2) is 9.18 Å². The molecule has 0 saturated carbocycles. The highest BCUT2D eigenvalue weighted by atomic mass is 79.9. The summed E-state index contributed by atoms with van der Waals surface area (Å²) in [6.07, 6.45) is 0.505. The highest BCUT2D eigenvalue weighted by Crippen LogP contribution is 2.40. The Bertz CT molecular complexity index is 538. The van der Waals surface area contributed by atoms with Gasteiger partial charge >= 0.3 is 5.97 Å². The number of rotatable bonds is 5. The Morgan fingerprint density at radius 1 is 1.43 bits per heavy atom. The van der Waals surface area contributed by atoms with Gasteiger partial charge in [-0.15, -0.1) is 0 Å². The van der Waals surface area contributed by atoms with Gasteiger partial charge in [-0.2, -0.15) is 0 Å². The van der Waals surface area contributed by atoms with Gasteiger partial charge in [0.2, 0.25) is 0 Å². The maximum absolute atomic E-state index is 13.8. The number of hydrogen-bond donors (Lipinski definition) is 1. The van der Waals surface area contributed by atoms with E-state index in [2.05, 4.69) is 15.9 Å². The summed E-state index contributed by atoms with van der Waals surface area (Å²) >= 11 is 3.36. The minimum Gasteiger partial charge on any atom is -0.465 e. The molecular formula is C15H22BrFO3Si. The molecule has 21 heavy (non-hydrogen) atoms. The first-order valence-electron chi connectivity index (χ1n) is 6.71. The van der Waals surface area contributed by atoms with Crippen LogP contribution in [0.4, 0.5) is 4.39 Å². The first-order chi connectivity index (χ1) is 9.53. The quantitative estimate of drug-likeness (QED) is 0.479. The Labute approximate surface area is 134 Å². The van der Waals surface area contributed by atoms with E-state index in [1.165, 1.54) is 19.2 Å². The van der Waals surface area contributed by atoms with Crippen LogP contribution in [0.15, 0.2) is 12.1 Å². The van der Waals surface area contributed by atoms with Crippen LogP contribution in [0, 0.1) is 5.82 Å². The molecule has 1 N–H and O–H groups in total. The summed E-state index contributed by atoms with van der Waals surface area (Å²) in [5.74, 6) is -1.02. The molecule has 0 aromatic heterocycles. The first-order valence-corrected chi connectivity index (χ1v) is 10.8. The van der Waals surface area contributed by atoms with Crippen LogP contribution in [-0.2, 0) is 16.5 Å². The van der Waals surface area contributed by atoms with Crippen molar-refractivity contribution in [2.45, 2.75) is 43.7 Å². The van der Waals surface area contributed by atoms with Crippen LogP contribution in [0.3, 0.4) is 0 Å². The molecule has 1 aromatic carbocycles. The summed E-state index contributed by atoms with van der Waals surface area (Å²) in [6.45, 7) is 7.67. The van der Waals surface area contributed by atoms with E-state index in [-0.39, 0.29) is 10.6 Å². The average molecular weight is 377 g/mol. The number of alkyl halides is 1. The summed E-state index contributed by atoms with van der Waals surface area (Å²) in [4.78, 5) is 22.2. The topological polar surface area (TPSA) is 46.5 Å². The van der Waals surface area contributed by atoms with Crippen molar-refractivity contribution in [3.8, 4) is 0 Å². The molecule has 1 rings (SSSR count). The number of carbonyl (C=O) groups is 1. The lowest BCUT2D eigenvalue weighted by atomic mass is 9.94. The Kier molecular flexibility index (Phi) is 5.74. The van der Waals surface area contributed by atoms with Crippen LogP contribution in [0.1, 0.15) is 35.3 Å². The van der Waals surface area contributed by atoms with Gasteiger partial charge in [0.15, 0.2) is 8.32 Å². The predicted octanol–water partition coefficient (Wildman–Crippen LogP) is 4.03. The molecule has 0 fully saturated rings. The highest BCUT2D eigenvalue weighted by molar-refractivity contribution is 9.08. The number of hydrogen-bond acceptors (Lipinski definition) is 3. The fourth-order valence-electron chi connectivity index (χ4n) is 1.99. The zero-order valence-electron chi connectivity index (χ0n) is 13.1. The molecule has 0 aliphatic rings. The van der Waals surface area contributed by atoms with Crippen molar-refractivity contribution >= 4 is 30.2 Å². The molecule has 6 heteroatoms. The van der Waals surface area contributed by atoms with Gasteiger partial charge in [-0.3, -0.25) is 0 Å². The van der Waals surface area contributed by atoms with Crippen molar-refractivity contribution in [1.82, 2.24) is 0 Å². The number of ether oxygens (including phenoxy) is 1. The molecule has 0 aliphatic carbocycles. The van der Waals surface area contributed by atoms with E-state index in [0.717, 1.165) is 11.1 Å². The minimum atomic E-state index is -2.43. The van der Waals surface area contributed by atoms with Crippen molar-refractivity contribution in [3.05, 3.63) is 34.6 Å². The van der Waals surface area contributed by atoms with Crippen molar-refractivity contribution in [3.63, 3.8) is 0 Å². The van der Waals surface area contributed by atoms with Crippen LogP contribution in [0.25, 0.3) is 0 Å². The van der Waals surface area contributed by atoms with Gasteiger partial charge in [0.25, 0.3) is 0 Å². The number of methoxy groups -OCH3 is 1. The highest BCUT2D eigenvalue weighted by Gasteiger charge is 2.38. The summed E-state index contributed by atoms with van der Waals surface area (Å²) in [7, 11) is -1.15. The van der Waals surface area contributed by atoms with Crippen molar-refractivity contribution in [2.24, 2.45) is 0 Å². The zero-order valence-corrected chi connectivity index (χ0v) is 15.7. The van der Waals surface area contributed by atoms with Crippen LogP contribution in [0.5, 0.6) is 0 Å². The predicted molar refractivity (Wildman–Crippen MR) is 87.8 cm³/mol. The van der Waals surface area contributed by atoms with E-state index in [1.54, 1.807) is 0 Å². The molecular weight excluding hydrogens is 355 g/mol. The van der Waals surface area contributed by atoms with Gasteiger partial charge in [0, 0.05) is 5.33 Å². The van der Waals surface area contributed by atoms with Crippen LogP contribution in [0.2, 0.25) is 18.1 Å². The fourth-order valence-corrected chi connectivity index (χ4v) is 3.28. The van der Waals surface area contributed by atoms with Crippen molar-refractivity contribution < 1.29 is 18.7 Å². The maximum Gasteiger partial charge on any atom is 0.338 e. The van der Waals surface area contributed by atoms with Gasteiger partial charge in [0.1, 0.15) is 5.82 Å². The lowest BCUT2D eigenvalue weighted by molar-refractivity contribution is 0.0599. The minimum absolute atomic E-state index is 0.234. The van der Waals surface area contributed by atoms with Gasteiger partial charge in [-0.05, 0) is 47.8 Å². The van der Waals surface area contributed by atoms with Gasteiger partial charge in [-0.1, -0.05) is 29.8 Å². The molecule has 0 saturated heterocycles. The molecule has 0 atom stereocenters. The molecule has 0 amide bonds. The van der Waals surface area contributed by atoms with Crippen molar-refractivity contribution in [1.29, 1.82) is 0 Å². The molecule has 0 unspecified atom stereocenters. The third-order valence-electron chi connectivity index (χ3n) is 4.13. The lowest BCUT2D eigenvalue weighted by Gasteiger charge is -2.35. The molecule has 1 aromatic rings. The molecule has 3 nitrogen and oxygen atoms in total.